The molecule has 0 bridgehead atoms. The SMILES string of the molecule is CC(=O)Nc1ccc(S(=O)(=O)Nc2nc(C(C)(C)C)cs2)cc1. The molecule has 2 rings (SSSR count). The summed E-state index contributed by atoms with van der Waals surface area (Å²) in [6.45, 7) is 7.44. The van der Waals surface area contributed by atoms with E-state index in [4.69, 9.17) is 0 Å². The van der Waals surface area contributed by atoms with Crippen molar-refractivity contribution < 1.29 is 13.2 Å². The van der Waals surface area contributed by atoms with Gasteiger partial charge in [0.15, 0.2) is 5.13 Å². The Morgan fingerprint density at radius 3 is 2.26 bits per heavy atom. The summed E-state index contributed by atoms with van der Waals surface area (Å²) in [5, 5.41) is 4.77. The molecule has 2 N–H and O–H groups in total. The van der Waals surface area contributed by atoms with Crippen molar-refractivity contribution in [1.82, 2.24) is 4.98 Å². The van der Waals surface area contributed by atoms with Crippen molar-refractivity contribution >= 4 is 38.1 Å². The predicted molar refractivity (Wildman–Crippen MR) is 92.4 cm³/mol. The second kappa shape index (κ2) is 6.29. The van der Waals surface area contributed by atoms with Crippen LogP contribution in [0.4, 0.5) is 10.8 Å². The van der Waals surface area contributed by atoms with Crippen LogP contribution in [0.1, 0.15) is 33.4 Å². The highest BCUT2D eigenvalue weighted by molar-refractivity contribution is 7.93. The number of sulfonamides is 1. The first-order valence-electron chi connectivity index (χ1n) is 6.94. The molecule has 1 heterocycles. The molecular weight excluding hydrogens is 334 g/mol. The fraction of sp³-hybridized carbons (Fsp3) is 0.333. The summed E-state index contributed by atoms with van der Waals surface area (Å²) in [5.74, 6) is -0.212. The van der Waals surface area contributed by atoms with Crippen LogP contribution in [0.15, 0.2) is 34.5 Å². The predicted octanol–water partition coefficient (Wildman–Crippen LogP) is 3.20. The number of anilines is 2. The number of nitrogens with one attached hydrogen (secondary N) is 2. The maximum atomic E-state index is 12.4. The molecule has 0 aliphatic heterocycles. The minimum atomic E-state index is -3.71. The normalized spacial score (nSPS) is 12.0. The highest BCUT2D eigenvalue weighted by Gasteiger charge is 2.20. The van der Waals surface area contributed by atoms with Gasteiger partial charge in [0.25, 0.3) is 10.0 Å². The van der Waals surface area contributed by atoms with Gasteiger partial charge >= 0.3 is 0 Å². The van der Waals surface area contributed by atoms with E-state index in [2.05, 4.69) is 15.0 Å². The van der Waals surface area contributed by atoms with Crippen molar-refractivity contribution in [2.75, 3.05) is 10.0 Å². The first-order chi connectivity index (χ1) is 10.6. The quantitative estimate of drug-likeness (QED) is 0.883. The van der Waals surface area contributed by atoms with Gasteiger partial charge < -0.3 is 5.32 Å². The van der Waals surface area contributed by atoms with Crippen molar-refractivity contribution in [3.05, 3.63) is 35.3 Å². The van der Waals surface area contributed by atoms with Crippen LogP contribution in [0.3, 0.4) is 0 Å². The second-order valence-corrected chi connectivity index (χ2v) is 8.64. The molecule has 0 radical (unpaired) electrons. The highest BCUT2D eigenvalue weighted by atomic mass is 32.2. The number of nitrogens with zero attached hydrogens (tertiary/aromatic N) is 1. The zero-order valence-electron chi connectivity index (χ0n) is 13.4. The summed E-state index contributed by atoms with van der Waals surface area (Å²) in [7, 11) is -3.71. The van der Waals surface area contributed by atoms with Crippen LogP contribution in [0.25, 0.3) is 0 Å². The second-order valence-electron chi connectivity index (χ2n) is 6.10. The number of rotatable bonds is 4. The van der Waals surface area contributed by atoms with E-state index < -0.39 is 10.0 Å². The average Bonchev–Trinajstić information content (AvgIpc) is 2.86. The third-order valence-corrected chi connectivity index (χ3v) is 5.22. The van der Waals surface area contributed by atoms with Crippen molar-refractivity contribution in [2.45, 2.75) is 38.0 Å². The largest absolute Gasteiger partial charge is 0.326 e. The number of thiazole rings is 1. The molecule has 2 aromatic rings. The third-order valence-electron chi connectivity index (χ3n) is 2.98. The van der Waals surface area contributed by atoms with Gasteiger partial charge in [0, 0.05) is 23.4 Å². The topological polar surface area (TPSA) is 88.2 Å². The smallest absolute Gasteiger partial charge is 0.263 e. The Labute approximate surface area is 140 Å². The number of aromatic nitrogens is 1. The van der Waals surface area contributed by atoms with E-state index in [1.54, 1.807) is 12.1 Å². The monoisotopic (exact) mass is 353 g/mol. The Bertz CT molecular complexity index is 803. The minimum absolute atomic E-state index is 0.110. The van der Waals surface area contributed by atoms with Crippen molar-refractivity contribution in [3.63, 3.8) is 0 Å². The molecule has 0 aliphatic rings. The number of benzene rings is 1. The third kappa shape index (κ3) is 4.52. The average molecular weight is 353 g/mol. The van der Waals surface area contributed by atoms with Gasteiger partial charge in [-0.1, -0.05) is 20.8 Å². The molecule has 0 atom stereocenters. The van der Waals surface area contributed by atoms with Crippen LogP contribution >= 0.6 is 11.3 Å². The first kappa shape index (κ1) is 17.4. The summed E-state index contributed by atoms with van der Waals surface area (Å²) in [5.41, 5.74) is 1.24. The van der Waals surface area contributed by atoms with Crippen LogP contribution in [-0.4, -0.2) is 19.3 Å². The lowest BCUT2D eigenvalue weighted by atomic mass is 9.93. The van der Waals surface area contributed by atoms with E-state index in [0.29, 0.717) is 10.8 Å². The summed E-state index contributed by atoms with van der Waals surface area (Å²) < 4.78 is 27.2. The van der Waals surface area contributed by atoms with Gasteiger partial charge in [0.2, 0.25) is 5.91 Å². The van der Waals surface area contributed by atoms with Crippen LogP contribution in [-0.2, 0) is 20.2 Å². The lowest BCUT2D eigenvalue weighted by Crippen LogP contribution is -2.15. The van der Waals surface area contributed by atoms with E-state index in [1.165, 1.54) is 30.4 Å². The molecule has 0 spiro atoms. The fourth-order valence-electron chi connectivity index (χ4n) is 1.76. The zero-order valence-corrected chi connectivity index (χ0v) is 15.0. The van der Waals surface area contributed by atoms with E-state index in [-0.39, 0.29) is 16.2 Å². The van der Waals surface area contributed by atoms with Gasteiger partial charge in [-0.05, 0) is 24.3 Å². The van der Waals surface area contributed by atoms with E-state index >= 15 is 0 Å². The van der Waals surface area contributed by atoms with Gasteiger partial charge in [-0.3, -0.25) is 9.52 Å². The van der Waals surface area contributed by atoms with Crippen molar-refractivity contribution in [1.29, 1.82) is 0 Å². The zero-order chi connectivity index (χ0) is 17.3. The molecule has 23 heavy (non-hydrogen) atoms. The highest BCUT2D eigenvalue weighted by Crippen LogP contribution is 2.27. The van der Waals surface area contributed by atoms with Crippen molar-refractivity contribution in [3.8, 4) is 0 Å². The molecule has 0 saturated carbocycles. The van der Waals surface area contributed by atoms with Gasteiger partial charge in [0.05, 0.1) is 10.6 Å². The molecule has 124 valence electrons. The lowest BCUT2D eigenvalue weighted by molar-refractivity contribution is -0.114. The van der Waals surface area contributed by atoms with E-state index in [9.17, 15) is 13.2 Å². The van der Waals surface area contributed by atoms with Crippen LogP contribution in [0.5, 0.6) is 0 Å². The van der Waals surface area contributed by atoms with Crippen LogP contribution in [0, 0.1) is 0 Å². The molecule has 8 heteroatoms. The van der Waals surface area contributed by atoms with Gasteiger partial charge in [0.1, 0.15) is 0 Å². The number of hydrogen-bond acceptors (Lipinski definition) is 5. The molecule has 0 saturated heterocycles. The Balaban J connectivity index is 2.18. The van der Waals surface area contributed by atoms with E-state index in [0.717, 1.165) is 5.69 Å². The van der Waals surface area contributed by atoms with Gasteiger partial charge in [-0.2, -0.15) is 0 Å². The Morgan fingerprint density at radius 1 is 1.17 bits per heavy atom. The minimum Gasteiger partial charge on any atom is -0.326 e. The Kier molecular flexibility index (Phi) is 4.76. The number of hydrogen-bond donors (Lipinski definition) is 2. The molecule has 0 unspecified atom stereocenters. The fourth-order valence-corrected chi connectivity index (χ4v) is 3.95. The van der Waals surface area contributed by atoms with Crippen LogP contribution < -0.4 is 10.0 Å². The molecule has 0 fully saturated rings. The van der Waals surface area contributed by atoms with Crippen LogP contribution in [0.2, 0.25) is 0 Å². The molecule has 1 amide bonds. The Hall–Kier alpha value is -1.93. The molecule has 1 aromatic heterocycles. The summed E-state index contributed by atoms with van der Waals surface area (Å²) >= 11 is 1.25. The molecule has 6 nitrogen and oxygen atoms in total. The maximum absolute atomic E-state index is 12.4. The van der Waals surface area contributed by atoms with Gasteiger partial charge in [-0.25, -0.2) is 13.4 Å². The first-order valence-corrected chi connectivity index (χ1v) is 9.31. The summed E-state index contributed by atoms with van der Waals surface area (Å²) in [6, 6.07) is 5.95. The standard InChI is InChI=1S/C15H19N3O3S2/c1-10(19)16-11-5-7-12(8-6-11)23(20,21)18-14-17-13(9-22-14)15(2,3)4/h5-9H,1-4H3,(H,16,19)(H,17,18). The van der Waals surface area contributed by atoms with E-state index in [1.807, 2.05) is 26.2 Å². The number of carbonyl (C=O) groups excluding carboxylic acids is 1. The lowest BCUT2D eigenvalue weighted by Gasteiger charge is -2.14. The Morgan fingerprint density at radius 2 is 1.78 bits per heavy atom. The molecular formula is C15H19N3O3S2. The van der Waals surface area contributed by atoms with Crippen molar-refractivity contribution in [2.24, 2.45) is 0 Å². The number of amides is 1. The number of carbonyl (C=O) groups is 1. The van der Waals surface area contributed by atoms with Gasteiger partial charge in [-0.15, -0.1) is 11.3 Å². The maximum Gasteiger partial charge on any atom is 0.263 e. The summed E-state index contributed by atoms with van der Waals surface area (Å²) in [6.07, 6.45) is 0. The molecule has 1 aromatic carbocycles. The molecule has 0 aliphatic carbocycles. The summed E-state index contributed by atoms with van der Waals surface area (Å²) in [4.78, 5) is 15.4.